The zero-order chi connectivity index (χ0) is 18.7. The molecule has 0 unspecified atom stereocenters. The second kappa shape index (κ2) is 7.62. The summed E-state index contributed by atoms with van der Waals surface area (Å²) >= 11 is 6.18. The summed E-state index contributed by atoms with van der Waals surface area (Å²) in [6.45, 7) is 2.40. The van der Waals surface area contributed by atoms with Crippen LogP contribution in [0, 0.1) is 6.92 Å². The number of aryl methyl sites for hydroxylation is 1. The van der Waals surface area contributed by atoms with E-state index in [1.165, 1.54) is 0 Å². The molecule has 0 aliphatic carbocycles. The van der Waals surface area contributed by atoms with E-state index < -0.39 is 5.91 Å². The maximum absolute atomic E-state index is 13.1. The number of furan rings is 1. The van der Waals surface area contributed by atoms with Crippen molar-refractivity contribution in [3.63, 3.8) is 0 Å². The van der Waals surface area contributed by atoms with E-state index in [0.29, 0.717) is 17.2 Å². The van der Waals surface area contributed by atoms with Gasteiger partial charge < -0.3 is 15.1 Å². The topological polar surface area (TPSA) is 76.5 Å². The Balaban J connectivity index is 1.95. The van der Waals surface area contributed by atoms with Gasteiger partial charge in [-0.1, -0.05) is 54.1 Å². The first-order valence-corrected chi connectivity index (χ1v) is 8.64. The highest BCUT2D eigenvalue weighted by atomic mass is 35.5. The van der Waals surface area contributed by atoms with Gasteiger partial charge in [0.25, 0.3) is 5.91 Å². The molecule has 26 heavy (non-hydrogen) atoms. The molecule has 3 aromatic rings. The van der Waals surface area contributed by atoms with Gasteiger partial charge in [-0.25, -0.2) is 0 Å². The van der Waals surface area contributed by atoms with Gasteiger partial charge in [-0.3, -0.25) is 9.59 Å². The monoisotopic (exact) mass is 370 g/mol. The number of para-hydroxylation sites is 1. The molecule has 0 aliphatic heterocycles. The largest absolute Gasteiger partial charge is 0.449 e. The van der Waals surface area contributed by atoms with E-state index in [1.54, 1.807) is 11.0 Å². The van der Waals surface area contributed by atoms with E-state index in [-0.39, 0.29) is 24.6 Å². The van der Waals surface area contributed by atoms with Crippen LogP contribution in [0.15, 0.2) is 52.9 Å². The van der Waals surface area contributed by atoms with E-state index >= 15 is 0 Å². The number of halogens is 1. The Labute approximate surface area is 156 Å². The molecule has 0 fully saturated rings. The van der Waals surface area contributed by atoms with Gasteiger partial charge in [-0.05, 0) is 18.6 Å². The van der Waals surface area contributed by atoms with Crippen LogP contribution in [-0.2, 0) is 11.3 Å². The summed E-state index contributed by atoms with van der Waals surface area (Å²) in [5, 5.41) is 1.26. The number of nitrogens with two attached hydrogens (primary N) is 1. The summed E-state index contributed by atoms with van der Waals surface area (Å²) in [5.74, 6) is -0.520. The predicted molar refractivity (Wildman–Crippen MR) is 101 cm³/mol. The quantitative estimate of drug-likeness (QED) is 0.714. The Morgan fingerprint density at radius 1 is 1.12 bits per heavy atom. The summed E-state index contributed by atoms with van der Waals surface area (Å²) < 4.78 is 5.78. The molecule has 0 saturated carbocycles. The fourth-order valence-corrected chi connectivity index (χ4v) is 3.07. The number of fused-ring (bicyclic) bond motifs is 1. The minimum absolute atomic E-state index is 0.0820. The highest BCUT2D eigenvalue weighted by Crippen LogP contribution is 2.31. The number of hydrogen-bond donors (Lipinski definition) is 1. The van der Waals surface area contributed by atoms with E-state index in [2.05, 4.69) is 0 Å². The summed E-state index contributed by atoms with van der Waals surface area (Å²) in [6.07, 6.45) is 0.0820. The fraction of sp³-hybridized carbons (Fsp3) is 0.200. The Morgan fingerprint density at radius 3 is 2.50 bits per heavy atom. The molecule has 2 N–H and O–H groups in total. The predicted octanol–water partition coefficient (Wildman–Crippen LogP) is 3.91. The van der Waals surface area contributed by atoms with Crippen LogP contribution in [-0.4, -0.2) is 23.3 Å². The number of nitrogens with zero attached hydrogens (tertiary/aromatic N) is 1. The van der Waals surface area contributed by atoms with Gasteiger partial charge in [0.15, 0.2) is 11.3 Å². The maximum atomic E-state index is 13.1. The molecule has 0 bridgehead atoms. The Hall–Kier alpha value is -2.79. The van der Waals surface area contributed by atoms with Gasteiger partial charge in [-0.2, -0.15) is 0 Å². The van der Waals surface area contributed by atoms with Gasteiger partial charge in [-0.15, -0.1) is 0 Å². The molecule has 0 aliphatic rings. The first-order chi connectivity index (χ1) is 12.5. The molecule has 1 aromatic heterocycles. The number of rotatable bonds is 6. The molecule has 6 heteroatoms. The molecular formula is C20H19ClN2O3. The second-order valence-corrected chi connectivity index (χ2v) is 6.51. The van der Waals surface area contributed by atoms with Crippen molar-refractivity contribution in [1.82, 2.24) is 4.90 Å². The molecule has 0 atom stereocenters. The fourth-order valence-electron chi connectivity index (χ4n) is 2.86. The molecule has 2 aromatic carbocycles. The average Bonchev–Trinajstić information content (AvgIpc) is 2.97. The third-order valence-electron chi connectivity index (χ3n) is 4.24. The summed E-state index contributed by atoms with van der Waals surface area (Å²) in [5.41, 5.74) is 7.44. The third-order valence-corrected chi connectivity index (χ3v) is 4.54. The third kappa shape index (κ3) is 3.73. The van der Waals surface area contributed by atoms with Crippen molar-refractivity contribution in [2.45, 2.75) is 19.9 Å². The summed E-state index contributed by atoms with van der Waals surface area (Å²) in [4.78, 5) is 25.9. The minimum Gasteiger partial charge on any atom is -0.449 e. The summed E-state index contributed by atoms with van der Waals surface area (Å²) in [7, 11) is 0. The van der Waals surface area contributed by atoms with Gasteiger partial charge >= 0.3 is 0 Å². The van der Waals surface area contributed by atoms with Crippen molar-refractivity contribution >= 4 is 34.4 Å². The lowest BCUT2D eigenvalue weighted by Gasteiger charge is -2.21. The average molecular weight is 371 g/mol. The zero-order valence-electron chi connectivity index (χ0n) is 14.4. The normalized spacial score (nSPS) is 10.8. The van der Waals surface area contributed by atoms with Crippen molar-refractivity contribution in [2.75, 3.05) is 6.54 Å². The molecule has 0 saturated heterocycles. The molecule has 0 spiro atoms. The van der Waals surface area contributed by atoms with Crippen LogP contribution >= 0.6 is 11.6 Å². The Bertz CT molecular complexity index is 950. The molecule has 5 nitrogen and oxygen atoms in total. The minimum atomic E-state index is -0.458. The summed E-state index contributed by atoms with van der Waals surface area (Å²) in [6, 6.07) is 15.0. The zero-order valence-corrected chi connectivity index (χ0v) is 15.1. The van der Waals surface area contributed by atoms with Gasteiger partial charge in [0.2, 0.25) is 5.91 Å². The molecule has 3 rings (SSSR count). The van der Waals surface area contributed by atoms with E-state index in [0.717, 1.165) is 16.5 Å². The molecule has 134 valence electrons. The Morgan fingerprint density at radius 2 is 1.85 bits per heavy atom. The standard InChI is InChI=1S/C20H19ClN2O3/c1-13-15-8-5-9-16(21)19(15)26-18(13)20(25)23(11-10-17(22)24)12-14-6-3-2-4-7-14/h2-9H,10-12H2,1H3,(H2,22,24). The molecule has 1 heterocycles. The van der Waals surface area contributed by atoms with Gasteiger partial charge in [0.05, 0.1) is 5.02 Å². The molecular weight excluding hydrogens is 352 g/mol. The number of carbonyl (C=O) groups excluding carboxylic acids is 2. The van der Waals surface area contributed by atoms with Crippen molar-refractivity contribution in [3.05, 3.63) is 70.4 Å². The van der Waals surface area contributed by atoms with Crippen molar-refractivity contribution in [3.8, 4) is 0 Å². The number of benzene rings is 2. The van der Waals surface area contributed by atoms with Crippen molar-refractivity contribution < 1.29 is 14.0 Å². The number of amides is 2. The van der Waals surface area contributed by atoms with E-state index in [1.807, 2.05) is 49.4 Å². The highest BCUT2D eigenvalue weighted by molar-refractivity contribution is 6.35. The maximum Gasteiger partial charge on any atom is 0.290 e. The highest BCUT2D eigenvalue weighted by Gasteiger charge is 2.24. The molecule has 0 radical (unpaired) electrons. The number of primary amides is 1. The molecule has 2 amide bonds. The van der Waals surface area contributed by atoms with Crippen LogP contribution < -0.4 is 5.73 Å². The van der Waals surface area contributed by atoms with Crippen LogP contribution in [0.4, 0.5) is 0 Å². The second-order valence-electron chi connectivity index (χ2n) is 6.10. The van der Waals surface area contributed by atoms with Crippen molar-refractivity contribution in [2.24, 2.45) is 5.73 Å². The number of hydrogen-bond acceptors (Lipinski definition) is 3. The van der Waals surface area contributed by atoms with Crippen LogP contribution in [0.5, 0.6) is 0 Å². The van der Waals surface area contributed by atoms with Crippen LogP contribution in [0.2, 0.25) is 5.02 Å². The first-order valence-electron chi connectivity index (χ1n) is 8.26. The lowest BCUT2D eigenvalue weighted by molar-refractivity contribution is -0.118. The van der Waals surface area contributed by atoms with E-state index in [4.69, 9.17) is 21.8 Å². The van der Waals surface area contributed by atoms with Crippen molar-refractivity contribution in [1.29, 1.82) is 0 Å². The lowest BCUT2D eigenvalue weighted by Crippen LogP contribution is -2.33. The van der Waals surface area contributed by atoms with Crippen LogP contribution in [0.25, 0.3) is 11.0 Å². The van der Waals surface area contributed by atoms with Crippen LogP contribution in [0.3, 0.4) is 0 Å². The van der Waals surface area contributed by atoms with E-state index in [9.17, 15) is 9.59 Å². The smallest absolute Gasteiger partial charge is 0.290 e. The van der Waals surface area contributed by atoms with Gasteiger partial charge in [0, 0.05) is 30.5 Å². The first kappa shape index (κ1) is 18.0. The Kier molecular flexibility index (Phi) is 5.28. The SMILES string of the molecule is Cc1c(C(=O)N(CCC(N)=O)Cc2ccccc2)oc2c(Cl)cccc12. The van der Waals surface area contributed by atoms with Crippen LogP contribution in [0.1, 0.15) is 28.1 Å². The van der Waals surface area contributed by atoms with Gasteiger partial charge in [0.1, 0.15) is 0 Å². The number of carbonyl (C=O) groups is 2. The lowest BCUT2D eigenvalue weighted by atomic mass is 10.1.